The Kier molecular flexibility index (Phi) is 5.47. The standard InChI is InChI=1S/C16H15F3N2O5S/c1-27(25,26)14-9-12(21(23)24)7-8-13(14)20-10-15(22,16(17,18)19)11-5-3-2-4-6-11/h2-9,20,22H,10H2,1H3. The van der Waals surface area contributed by atoms with Crippen LogP contribution in [0.2, 0.25) is 0 Å². The highest BCUT2D eigenvalue weighted by Gasteiger charge is 2.54. The number of anilines is 1. The lowest BCUT2D eigenvalue weighted by Gasteiger charge is -2.31. The molecular formula is C16H15F3N2O5S. The molecule has 2 N–H and O–H groups in total. The predicted octanol–water partition coefficient (Wildman–Crippen LogP) is 2.86. The van der Waals surface area contributed by atoms with Gasteiger partial charge in [-0.25, -0.2) is 8.42 Å². The molecule has 0 saturated heterocycles. The molecule has 27 heavy (non-hydrogen) atoms. The van der Waals surface area contributed by atoms with Crippen molar-refractivity contribution in [3.8, 4) is 0 Å². The molecule has 146 valence electrons. The number of hydrogen-bond acceptors (Lipinski definition) is 6. The van der Waals surface area contributed by atoms with Crippen LogP contribution in [0.15, 0.2) is 53.4 Å². The molecule has 11 heteroatoms. The first-order valence-corrected chi connectivity index (χ1v) is 9.32. The first kappa shape index (κ1) is 20.6. The van der Waals surface area contributed by atoms with E-state index in [9.17, 15) is 36.8 Å². The van der Waals surface area contributed by atoms with E-state index in [1.807, 2.05) is 0 Å². The van der Waals surface area contributed by atoms with Crippen molar-refractivity contribution in [1.29, 1.82) is 0 Å². The van der Waals surface area contributed by atoms with Crippen molar-refractivity contribution in [2.45, 2.75) is 16.7 Å². The van der Waals surface area contributed by atoms with Crippen molar-refractivity contribution in [2.24, 2.45) is 0 Å². The second-order valence-corrected chi connectivity index (χ2v) is 7.77. The number of nitro benzene ring substituents is 1. The highest BCUT2D eigenvalue weighted by Crippen LogP contribution is 2.39. The number of non-ortho nitro benzene ring substituents is 1. The van der Waals surface area contributed by atoms with Crippen LogP contribution < -0.4 is 5.32 Å². The quantitative estimate of drug-likeness (QED) is 0.566. The normalized spacial score (nSPS) is 14.4. The third kappa shape index (κ3) is 4.37. The van der Waals surface area contributed by atoms with Crippen molar-refractivity contribution >= 4 is 21.2 Å². The van der Waals surface area contributed by atoms with Crippen molar-refractivity contribution in [1.82, 2.24) is 0 Å². The van der Waals surface area contributed by atoms with E-state index in [0.29, 0.717) is 0 Å². The van der Waals surface area contributed by atoms with Crippen LogP contribution in [0, 0.1) is 10.1 Å². The Bertz CT molecular complexity index is 948. The van der Waals surface area contributed by atoms with Crippen LogP contribution in [-0.2, 0) is 15.4 Å². The Morgan fingerprint density at radius 3 is 2.22 bits per heavy atom. The Balaban J connectivity index is 2.45. The number of halogens is 3. The topological polar surface area (TPSA) is 110 Å². The van der Waals surface area contributed by atoms with Gasteiger partial charge in [0.2, 0.25) is 5.60 Å². The van der Waals surface area contributed by atoms with Gasteiger partial charge in [-0.15, -0.1) is 0 Å². The minimum atomic E-state index is -5.06. The minimum Gasteiger partial charge on any atom is -0.380 e. The lowest BCUT2D eigenvalue weighted by molar-refractivity contribution is -0.385. The first-order valence-electron chi connectivity index (χ1n) is 7.43. The number of sulfone groups is 1. The number of hydrogen-bond donors (Lipinski definition) is 2. The van der Waals surface area contributed by atoms with E-state index in [4.69, 9.17) is 0 Å². The molecule has 2 aromatic rings. The van der Waals surface area contributed by atoms with Gasteiger partial charge >= 0.3 is 6.18 Å². The van der Waals surface area contributed by atoms with Gasteiger partial charge < -0.3 is 10.4 Å². The van der Waals surface area contributed by atoms with Crippen LogP contribution in [0.5, 0.6) is 0 Å². The summed E-state index contributed by atoms with van der Waals surface area (Å²) >= 11 is 0. The zero-order valence-corrected chi connectivity index (χ0v) is 14.7. The summed E-state index contributed by atoms with van der Waals surface area (Å²) in [6.07, 6.45) is -4.29. The average Bonchev–Trinajstić information content (AvgIpc) is 2.58. The lowest BCUT2D eigenvalue weighted by atomic mass is 9.93. The zero-order chi connectivity index (χ0) is 20.5. The Morgan fingerprint density at radius 2 is 1.74 bits per heavy atom. The number of alkyl halides is 3. The van der Waals surface area contributed by atoms with E-state index < -0.39 is 49.2 Å². The van der Waals surface area contributed by atoms with Crippen molar-refractivity contribution in [3.63, 3.8) is 0 Å². The molecule has 0 aliphatic rings. The monoisotopic (exact) mass is 404 g/mol. The molecule has 1 unspecified atom stereocenters. The molecule has 2 rings (SSSR count). The summed E-state index contributed by atoms with van der Waals surface area (Å²) in [7, 11) is -3.99. The molecule has 0 bridgehead atoms. The molecule has 0 heterocycles. The van der Waals surface area contributed by atoms with Gasteiger partial charge in [0.05, 0.1) is 22.1 Å². The number of nitro groups is 1. The molecule has 0 spiro atoms. The molecule has 0 aliphatic heterocycles. The highest BCUT2D eigenvalue weighted by molar-refractivity contribution is 7.90. The van der Waals surface area contributed by atoms with Gasteiger partial charge in [0, 0.05) is 18.4 Å². The fourth-order valence-corrected chi connectivity index (χ4v) is 3.25. The van der Waals surface area contributed by atoms with Crippen molar-refractivity contribution in [3.05, 3.63) is 64.2 Å². The van der Waals surface area contributed by atoms with Crippen molar-refractivity contribution in [2.75, 3.05) is 18.1 Å². The highest BCUT2D eigenvalue weighted by atomic mass is 32.2. The first-order chi connectivity index (χ1) is 12.4. The van der Waals surface area contributed by atoms with Gasteiger partial charge in [-0.2, -0.15) is 13.2 Å². The second kappa shape index (κ2) is 7.16. The fraction of sp³-hybridized carbons (Fsp3) is 0.250. The second-order valence-electron chi connectivity index (χ2n) is 5.79. The average molecular weight is 404 g/mol. The van der Waals surface area contributed by atoms with Crippen LogP contribution in [0.25, 0.3) is 0 Å². The molecule has 0 saturated carbocycles. The summed E-state index contributed by atoms with van der Waals surface area (Å²) in [5, 5.41) is 23.4. The van der Waals surface area contributed by atoms with E-state index in [1.54, 1.807) is 0 Å². The van der Waals surface area contributed by atoms with E-state index in [0.717, 1.165) is 36.6 Å². The van der Waals surface area contributed by atoms with Gasteiger partial charge in [0.25, 0.3) is 5.69 Å². The lowest BCUT2D eigenvalue weighted by Crippen LogP contribution is -2.47. The summed E-state index contributed by atoms with van der Waals surface area (Å²) < 4.78 is 64.2. The van der Waals surface area contributed by atoms with Gasteiger partial charge in [-0.05, 0) is 11.6 Å². The Hall–Kier alpha value is -2.66. The van der Waals surface area contributed by atoms with Crippen LogP contribution >= 0.6 is 0 Å². The van der Waals surface area contributed by atoms with Crippen molar-refractivity contribution < 1.29 is 31.6 Å². The molecule has 0 fully saturated rings. The van der Waals surface area contributed by atoms with Crippen LogP contribution in [0.3, 0.4) is 0 Å². The van der Waals surface area contributed by atoms with E-state index in [-0.39, 0.29) is 5.69 Å². The maximum Gasteiger partial charge on any atom is 0.423 e. The number of benzene rings is 2. The molecule has 1 atom stereocenters. The van der Waals surface area contributed by atoms with Crippen LogP contribution in [-0.4, -0.2) is 37.4 Å². The van der Waals surface area contributed by atoms with Gasteiger partial charge in [-0.1, -0.05) is 30.3 Å². The smallest absolute Gasteiger partial charge is 0.380 e. The summed E-state index contributed by atoms with van der Waals surface area (Å²) in [6.45, 7) is -1.10. The SMILES string of the molecule is CS(=O)(=O)c1cc([N+](=O)[O-])ccc1NCC(O)(c1ccccc1)C(F)(F)F. The Labute approximate surface area is 152 Å². The molecule has 0 radical (unpaired) electrons. The fourth-order valence-electron chi connectivity index (χ4n) is 2.38. The van der Waals surface area contributed by atoms with E-state index >= 15 is 0 Å². The molecule has 7 nitrogen and oxygen atoms in total. The number of rotatable bonds is 6. The Morgan fingerprint density at radius 1 is 1.15 bits per heavy atom. The molecule has 0 aromatic heterocycles. The van der Waals surface area contributed by atoms with E-state index in [2.05, 4.69) is 5.32 Å². The molecule has 0 amide bonds. The molecule has 0 aliphatic carbocycles. The van der Waals surface area contributed by atoms with Gasteiger partial charge in [0.15, 0.2) is 9.84 Å². The number of nitrogens with one attached hydrogen (secondary N) is 1. The number of nitrogens with zero attached hydrogens (tertiary/aromatic N) is 1. The maximum atomic E-state index is 13.5. The predicted molar refractivity (Wildman–Crippen MR) is 91.1 cm³/mol. The van der Waals surface area contributed by atoms with Crippen LogP contribution in [0.4, 0.5) is 24.5 Å². The minimum absolute atomic E-state index is 0.290. The van der Waals surface area contributed by atoms with Gasteiger partial charge in [-0.3, -0.25) is 10.1 Å². The van der Waals surface area contributed by atoms with E-state index in [1.165, 1.54) is 18.2 Å². The third-order valence-corrected chi connectivity index (χ3v) is 4.97. The zero-order valence-electron chi connectivity index (χ0n) is 13.9. The summed E-state index contributed by atoms with van der Waals surface area (Å²) in [5.41, 5.74) is -4.56. The molecule has 2 aromatic carbocycles. The summed E-state index contributed by atoms with van der Waals surface area (Å²) in [5.74, 6) is 0. The number of aliphatic hydroxyl groups is 1. The molecular weight excluding hydrogens is 389 g/mol. The maximum absolute atomic E-state index is 13.5. The van der Waals surface area contributed by atoms with Gasteiger partial charge in [0.1, 0.15) is 0 Å². The summed E-state index contributed by atoms with van der Waals surface area (Å²) in [4.78, 5) is 9.45. The largest absolute Gasteiger partial charge is 0.423 e. The third-order valence-electron chi connectivity index (χ3n) is 3.83. The van der Waals surface area contributed by atoms with Crippen LogP contribution in [0.1, 0.15) is 5.56 Å². The summed E-state index contributed by atoms with van der Waals surface area (Å²) in [6, 6.07) is 8.96.